The monoisotopic (exact) mass is 329 g/mol. The standard InChI is InChI=1S/C14H11N5O3S/c1-9-12(8-23-17-9)14(20)16-13-6-7-15-18(13)10-2-4-11(5-3-10)19(21)22/h2-8H,1H3,(H,16,20). The Bertz CT molecular complexity index is 869. The third kappa shape index (κ3) is 2.94. The van der Waals surface area contributed by atoms with E-state index in [1.54, 1.807) is 30.5 Å². The number of nitrogens with one attached hydrogen (secondary N) is 1. The van der Waals surface area contributed by atoms with Crippen molar-refractivity contribution in [3.63, 3.8) is 0 Å². The summed E-state index contributed by atoms with van der Waals surface area (Å²) in [7, 11) is 0. The molecule has 0 saturated heterocycles. The van der Waals surface area contributed by atoms with Gasteiger partial charge in [0.05, 0.1) is 28.1 Å². The maximum Gasteiger partial charge on any atom is 0.269 e. The van der Waals surface area contributed by atoms with Crippen molar-refractivity contribution in [3.05, 3.63) is 63.3 Å². The molecule has 0 bridgehead atoms. The molecule has 1 N–H and O–H groups in total. The topological polar surface area (TPSA) is 103 Å². The summed E-state index contributed by atoms with van der Waals surface area (Å²) in [6.07, 6.45) is 1.54. The molecule has 0 radical (unpaired) electrons. The summed E-state index contributed by atoms with van der Waals surface area (Å²) in [5.41, 5.74) is 1.77. The highest BCUT2D eigenvalue weighted by molar-refractivity contribution is 7.04. The number of non-ortho nitro benzene ring substituents is 1. The normalized spacial score (nSPS) is 10.5. The molecule has 0 unspecified atom stereocenters. The average Bonchev–Trinajstić information content (AvgIpc) is 3.16. The Morgan fingerprint density at radius 2 is 2.04 bits per heavy atom. The first kappa shape index (κ1) is 14.9. The minimum Gasteiger partial charge on any atom is -0.306 e. The van der Waals surface area contributed by atoms with Crippen molar-refractivity contribution < 1.29 is 9.72 Å². The molecule has 0 aliphatic heterocycles. The Labute approximate surface area is 134 Å². The zero-order valence-corrected chi connectivity index (χ0v) is 12.8. The van der Waals surface area contributed by atoms with Crippen LogP contribution >= 0.6 is 11.5 Å². The lowest BCUT2D eigenvalue weighted by molar-refractivity contribution is -0.384. The van der Waals surface area contributed by atoms with E-state index in [0.717, 1.165) is 0 Å². The van der Waals surface area contributed by atoms with Gasteiger partial charge < -0.3 is 5.32 Å². The van der Waals surface area contributed by atoms with Crippen LogP contribution in [0.25, 0.3) is 5.69 Å². The molecule has 0 aliphatic rings. The van der Waals surface area contributed by atoms with Crippen molar-refractivity contribution in [2.24, 2.45) is 0 Å². The summed E-state index contributed by atoms with van der Waals surface area (Å²) >= 11 is 1.21. The van der Waals surface area contributed by atoms with Gasteiger partial charge in [0.25, 0.3) is 11.6 Å². The molecule has 3 aromatic rings. The zero-order valence-electron chi connectivity index (χ0n) is 12.0. The van der Waals surface area contributed by atoms with Crippen LogP contribution in [-0.4, -0.2) is 25.0 Å². The van der Waals surface area contributed by atoms with Crippen LogP contribution in [0.15, 0.2) is 41.9 Å². The number of rotatable bonds is 4. The van der Waals surface area contributed by atoms with Crippen molar-refractivity contribution in [1.82, 2.24) is 14.2 Å². The Kier molecular flexibility index (Phi) is 3.85. The van der Waals surface area contributed by atoms with Gasteiger partial charge in [-0.05, 0) is 30.6 Å². The van der Waals surface area contributed by atoms with E-state index >= 15 is 0 Å². The highest BCUT2D eigenvalue weighted by Gasteiger charge is 2.14. The summed E-state index contributed by atoms with van der Waals surface area (Å²) < 4.78 is 5.57. The van der Waals surface area contributed by atoms with Crippen LogP contribution < -0.4 is 5.32 Å². The van der Waals surface area contributed by atoms with E-state index in [0.29, 0.717) is 22.8 Å². The number of hydrogen-bond acceptors (Lipinski definition) is 6. The van der Waals surface area contributed by atoms with Crippen LogP contribution in [0.2, 0.25) is 0 Å². The fourth-order valence-electron chi connectivity index (χ4n) is 2.01. The molecule has 0 saturated carbocycles. The number of aromatic nitrogens is 3. The van der Waals surface area contributed by atoms with Gasteiger partial charge in [-0.15, -0.1) is 0 Å². The number of anilines is 1. The van der Waals surface area contributed by atoms with Crippen LogP contribution in [0.3, 0.4) is 0 Å². The molecule has 0 atom stereocenters. The first-order valence-electron chi connectivity index (χ1n) is 6.57. The Hall–Kier alpha value is -3.07. The largest absolute Gasteiger partial charge is 0.306 e. The maximum atomic E-state index is 12.2. The predicted octanol–water partition coefficient (Wildman–Crippen LogP) is 2.80. The minimum atomic E-state index is -0.470. The fraction of sp³-hybridized carbons (Fsp3) is 0.0714. The zero-order chi connectivity index (χ0) is 16.4. The molecule has 3 rings (SSSR count). The number of nitro benzene ring substituents is 1. The number of amides is 1. The number of nitro groups is 1. The highest BCUT2D eigenvalue weighted by Crippen LogP contribution is 2.19. The molecule has 0 spiro atoms. The van der Waals surface area contributed by atoms with Gasteiger partial charge in [-0.1, -0.05) is 0 Å². The van der Waals surface area contributed by atoms with E-state index in [4.69, 9.17) is 0 Å². The fourth-order valence-corrected chi connectivity index (χ4v) is 2.71. The molecule has 1 aromatic carbocycles. The van der Waals surface area contributed by atoms with Crippen LogP contribution in [0.4, 0.5) is 11.5 Å². The lowest BCUT2D eigenvalue weighted by atomic mass is 10.2. The molecular formula is C14H11N5O3S. The number of carbonyl (C=O) groups is 1. The summed E-state index contributed by atoms with van der Waals surface area (Å²) in [6, 6.07) is 7.55. The van der Waals surface area contributed by atoms with E-state index in [-0.39, 0.29) is 11.6 Å². The number of aryl methyl sites for hydroxylation is 1. The third-order valence-corrected chi connectivity index (χ3v) is 3.90. The lowest BCUT2D eigenvalue weighted by Gasteiger charge is -2.08. The molecule has 2 aromatic heterocycles. The number of carbonyl (C=O) groups excluding carboxylic acids is 1. The molecule has 0 aliphatic carbocycles. The van der Waals surface area contributed by atoms with Gasteiger partial charge in [-0.3, -0.25) is 14.9 Å². The molecule has 1 amide bonds. The smallest absolute Gasteiger partial charge is 0.269 e. The predicted molar refractivity (Wildman–Crippen MR) is 85.0 cm³/mol. The quantitative estimate of drug-likeness (QED) is 0.585. The van der Waals surface area contributed by atoms with Crippen molar-refractivity contribution >= 4 is 28.9 Å². The first-order chi connectivity index (χ1) is 11.1. The van der Waals surface area contributed by atoms with E-state index in [1.807, 2.05) is 0 Å². The van der Waals surface area contributed by atoms with Crippen molar-refractivity contribution in [2.75, 3.05) is 5.32 Å². The minimum absolute atomic E-state index is 0.00790. The van der Waals surface area contributed by atoms with Crippen LogP contribution in [-0.2, 0) is 0 Å². The van der Waals surface area contributed by atoms with Crippen LogP contribution in [0.1, 0.15) is 16.1 Å². The van der Waals surface area contributed by atoms with E-state index in [2.05, 4.69) is 14.8 Å². The number of benzene rings is 1. The van der Waals surface area contributed by atoms with Gasteiger partial charge in [0.1, 0.15) is 5.82 Å². The summed E-state index contributed by atoms with van der Waals surface area (Å²) in [5, 5.41) is 19.3. The molecule has 23 heavy (non-hydrogen) atoms. The third-order valence-electron chi connectivity index (χ3n) is 3.18. The second-order valence-corrected chi connectivity index (χ2v) is 5.30. The molecule has 2 heterocycles. The van der Waals surface area contributed by atoms with Gasteiger partial charge in [-0.2, -0.15) is 9.47 Å². The first-order valence-corrected chi connectivity index (χ1v) is 7.41. The molecular weight excluding hydrogens is 318 g/mol. The lowest BCUT2D eigenvalue weighted by Crippen LogP contribution is -2.15. The van der Waals surface area contributed by atoms with E-state index in [9.17, 15) is 14.9 Å². The second-order valence-electron chi connectivity index (χ2n) is 4.67. The molecule has 116 valence electrons. The van der Waals surface area contributed by atoms with Gasteiger partial charge in [0.2, 0.25) is 0 Å². The highest BCUT2D eigenvalue weighted by atomic mass is 32.1. The molecule has 0 fully saturated rings. The number of hydrogen-bond donors (Lipinski definition) is 1. The van der Waals surface area contributed by atoms with Crippen LogP contribution in [0, 0.1) is 17.0 Å². The Morgan fingerprint density at radius 1 is 1.30 bits per heavy atom. The van der Waals surface area contributed by atoms with Crippen molar-refractivity contribution in [1.29, 1.82) is 0 Å². The second kappa shape index (κ2) is 5.97. The van der Waals surface area contributed by atoms with Crippen LogP contribution in [0.5, 0.6) is 0 Å². The SMILES string of the molecule is Cc1nscc1C(=O)Nc1ccnn1-c1ccc([N+](=O)[O-])cc1. The molecule has 8 nitrogen and oxygen atoms in total. The van der Waals surface area contributed by atoms with Gasteiger partial charge in [0.15, 0.2) is 0 Å². The Balaban J connectivity index is 1.86. The van der Waals surface area contributed by atoms with E-state index < -0.39 is 4.92 Å². The summed E-state index contributed by atoms with van der Waals surface area (Å²) in [4.78, 5) is 22.5. The van der Waals surface area contributed by atoms with Crippen molar-refractivity contribution in [2.45, 2.75) is 6.92 Å². The summed E-state index contributed by atoms with van der Waals surface area (Å²) in [5.74, 6) is 0.189. The number of nitrogens with zero attached hydrogens (tertiary/aromatic N) is 4. The summed E-state index contributed by atoms with van der Waals surface area (Å²) in [6.45, 7) is 1.76. The van der Waals surface area contributed by atoms with Gasteiger partial charge >= 0.3 is 0 Å². The Morgan fingerprint density at radius 3 is 2.65 bits per heavy atom. The van der Waals surface area contributed by atoms with Gasteiger partial charge in [0, 0.05) is 23.6 Å². The van der Waals surface area contributed by atoms with E-state index in [1.165, 1.54) is 34.5 Å². The van der Waals surface area contributed by atoms with Crippen molar-refractivity contribution in [3.8, 4) is 5.69 Å². The average molecular weight is 329 g/mol. The van der Waals surface area contributed by atoms with Gasteiger partial charge in [-0.25, -0.2) is 4.68 Å². The molecule has 9 heteroatoms. The maximum absolute atomic E-state index is 12.2.